The van der Waals surface area contributed by atoms with Gasteiger partial charge in [0.1, 0.15) is 5.52 Å². The van der Waals surface area contributed by atoms with Gasteiger partial charge in [-0.1, -0.05) is 41.2 Å². The average Bonchev–Trinajstić information content (AvgIpc) is 3.12. The lowest BCUT2D eigenvalue weighted by molar-refractivity contribution is -0.122. The van der Waals surface area contributed by atoms with Crippen LogP contribution in [0.5, 0.6) is 0 Å². The standard InChI is InChI=1S/C23H26Cl3N7O/c24-14-8-16(25)19(17(26)9-14)31-23-30-18-11-29-22(28-10-12-2-1-3-12)32-21(18)33(23)15-6-4-13(5-7-15)20(27)34/h8-9,11-13,15H,1-7,10H2,(H2,27,34)(H,30,31)(H,28,29,32)/t13-,15+. The van der Waals surface area contributed by atoms with Gasteiger partial charge in [-0.05, 0) is 56.6 Å². The summed E-state index contributed by atoms with van der Waals surface area (Å²) in [5.74, 6) is 1.49. The van der Waals surface area contributed by atoms with Gasteiger partial charge in [-0.15, -0.1) is 0 Å². The monoisotopic (exact) mass is 521 g/mol. The molecule has 2 heterocycles. The molecule has 1 aromatic carbocycles. The number of amides is 1. The number of hydrogen-bond acceptors (Lipinski definition) is 6. The molecule has 5 rings (SSSR count). The zero-order chi connectivity index (χ0) is 23.8. The number of halogens is 3. The Bertz CT molecular complexity index is 1200. The largest absolute Gasteiger partial charge is 0.369 e. The van der Waals surface area contributed by atoms with Crippen LogP contribution >= 0.6 is 34.8 Å². The summed E-state index contributed by atoms with van der Waals surface area (Å²) in [6, 6.07) is 3.34. The number of imidazole rings is 1. The predicted molar refractivity (Wildman–Crippen MR) is 136 cm³/mol. The minimum Gasteiger partial charge on any atom is -0.369 e. The highest BCUT2D eigenvalue weighted by Crippen LogP contribution is 2.40. The molecule has 3 aromatic rings. The fourth-order valence-electron chi connectivity index (χ4n) is 4.73. The van der Waals surface area contributed by atoms with Gasteiger partial charge in [0.2, 0.25) is 17.8 Å². The van der Waals surface area contributed by atoms with E-state index in [0.717, 1.165) is 37.9 Å². The van der Waals surface area contributed by atoms with E-state index in [1.165, 1.54) is 19.3 Å². The summed E-state index contributed by atoms with van der Waals surface area (Å²) in [6.45, 7) is 0.866. The fraction of sp³-hybridized carbons (Fsp3) is 0.478. The maximum absolute atomic E-state index is 11.7. The first-order valence-electron chi connectivity index (χ1n) is 11.6. The highest BCUT2D eigenvalue weighted by atomic mass is 35.5. The highest BCUT2D eigenvalue weighted by Gasteiger charge is 2.29. The minimum atomic E-state index is -0.239. The van der Waals surface area contributed by atoms with Crippen LogP contribution < -0.4 is 16.4 Å². The van der Waals surface area contributed by atoms with Crippen LogP contribution in [-0.4, -0.2) is 32.0 Å². The number of fused-ring (bicyclic) bond motifs is 1. The second-order valence-corrected chi connectivity index (χ2v) is 10.4. The van der Waals surface area contributed by atoms with E-state index in [2.05, 4.69) is 20.2 Å². The molecule has 0 saturated heterocycles. The Balaban J connectivity index is 1.51. The number of anilines is 3. The van der Waals surface area contributed by atoms with Crippen LogP contribution in [0, 0.1) is 11.8 Å². The van der Waals surface area contributed by atoms with Crippen LogP contribution in [0.15, 0.2) is 18.3 Å². The third-order valence-electron chi connectivity index (χ3n) is 6.91. The summed E-state index contributed by atoms with van der Waals surface area (Å²) >= 11 is 19.0. The molecule has 0 atom stereocenters. The van der Waals surface area contributed by atoms with E-state index in [0.29, 0.717) is 44.1 Å². The molecule has 180 valence electrons. The Hall–Kier alpha value is -2.29. The molecular formula is C23H26Cl3N7O. The molecule has 2 aliphatic carbocycles. The van der Waals surface area contributed by atoms with E-state index < -0.39 is 0 Å². The maximum Gasteiger partial charge on any atom is 0.224 e. The molecule has 34 heavy (non-hydrogen) atoms. The van der Waals surface area contributed by atoms with Crippen LogP contribution in [-0.2, 0) is 4.79 Å². The van der Waals surface area contributed by atoms with Crippen LogP contribution in [0.4, 0.5) is 17.6 Å². The Morgan fingerprint density at radius 2 is 1.76 bits per heavy atom. The lowest BCUT2D eigenvalue weighted by Crippen LogP contribution is -2.28. The van der Waals surface area contributed by atoms with Crippen molar-refractivity contribution in [1.82, 2.24) is 19.5 Å². The molecule has 0 radical (unpaired) electrons. The second-order valence-electron chi connectivity index (χ2n) is 9.16. The van der Waals surface area contributed by atoms with Crippen molar-refractivity contribution in [3.8, 4) is 0 Å². The van der Waals surface area contributed by atoms with E-state index >= 15 is 0 Å². The van der Waals surface area contributed by atoms with Gasteiger partial charge in [0, 0.05) is 23.5 Å². The van der Waals surface area contributed by atoms with Gasteiger partial charge in [-0.25, -0.2) is 9.97 Å². The van der Waals surface area contributed by atoms with Crippen molar-refractivity contribution in [3.63, 3.8) is 0 Å². The van der Waals surface area contributed by atoms with E-state index in [4.69, 9.17) is 50.5 Å². The SMILES string of the molecule is NC(=O)[C@H]1CC[C@@H](n2c(Nc3c(Cl)cc(Cl)cc3Cl)nc3cnc(NCC4CCC4)nc32)CC1. The van der Waals surface area contributed by atoms with Crippen LogP contribution in [0.2, 0.25) is 15.1 Å². The number of carbonyl (C=O) groups excluding carboxylic acids is 1. The van der Waals surface area contributed by atoms with Gasteiger partial charge in [0.15, 0.2) is 5.65 Å². The molecule has 4 N–H and O–H groups in total. The summed E-state index contributed by atoms with van der Waals surface area (Å²) in [7, 11) is 0. The Kier molecular flexibility index (Phi) is 6.73. The molecular weight excluding hydrogens is 497 g/mol. The summed E-state index contributed by atoms with van der Waals surface area (Å²) in [6.07, 6.45) is 8.51. The molecule has 0 aliphatic heterocycles. The average molecular weight is 523 g/mol. The molecule has 11 heteroatoms. The van der Waals surface area contributed by atoms with Crippen LogP contribution in [0.1, 0.15) is 51.0 Å². The smallest absolute Gasteiger partial charge is 0.224 e. The number of aromatic nitrogens is 4. The minimum absolute atomic E-state index is 0.0855. The molecule has 2 saturated carbocycles. The van der Waals surface area contributed by atoms with Crippen molar-refractivity contribution in [2.45, 2.75) is 51.0 Å². The summed E-state index contributed by atoms with van der Waals surface area (Å²) in [5.41, 5.74) is 7.46. The zero-order valence-electron chi connectivity index (χ0n) is 18.5. The van der Waals surface area contributed by atoms with Gasteiger partial charge >= 0.3 is 0 Å². The molecule has 1 amide bonds. The summed E-state index contributed by atoms with van der Waals surface area (Å²) in [4.78, 5) is 25.7. The van der Waals surface area contributed by atoms with Crippen molar-refractivity contribution in [3.05, 3.63) is 33.4 Å². The number of nitrogens with zero attached hydrogens (tertiary/aromatic N) is 4. The van der Waals surface area contributed by atoms with E-state index in [1.54, 1.807) is 18.3 Å². The quantitative estimate of drug-likeness (QED) is 0.353. The maximum atomic E-state index is 11.7. The van der Waals surface area contributed by atoms with Crippen molar-refractivity contribution in [2.75, 3.05) is 17.2 Å². The summed E-state index contributed by atoms with van der Waals surface area (Å²) in [5, 5.41) is 7.90. The molecule has 2 aromatic heterocycles. The van der Waals surface area contributed by atoms with Crippen LogP contribution in [0.3, 0.4) is 0 Å². The predicted octanol–water partition coefficient (Wildman–Crippen LogP) is 5.96. The number of nitrogens with one attached hydrogen (secondary N) is 2. The number of hydrogen-bond donors (Lipinski definition) is 3. The van der Waals surface area contributed by atoms with Gasteiger partial charge in [0.25, 0.3) is 0 Å². The van der Waals surface area contributed by atoms with Crippen molar-refractivity contribution in [1.29, 1.82) is 0 Å². The van der Waals surface area contributed by atoms with E-state index in [9.17, 15) is 4.79 Å². The normalized spacial score (nSPS) is 20.8. The molecule has 0 spiro atoms. The lowest BCUT2D eigenvalue weighted by Gasteiger charge is -2.29. The zero-order valence-corrected chi connectivity index (χ0v) is 20.8. The number of carbonyl (C=O) groups is 1. The molecule has 8 nitrogen and oxygen atoms in total. The van der Waals surface area contributed by atoms with Crippen molar-refractivity contribution in [2.24, 2.45) is 17.6 Å². The van der Waals surface area contributed by atoms with E-state index in [1.807, 2.05) is 0 Å². The fourth-order valence-corrected chi connectivity index (χ4v) is 5.65. The van der Waals surface area contributed by atoms with Crippen molar-refractivity contribution >= 4 is 69.5 Å². The van der Waals surface area contributed by atoms with Crippen molar-refractivity contribution < 1.29 is 4.79 Å². The number of benzene rings is 1. The molecule has 0 bridgehead atoms. The first kappa shape index (κ1) is 23.5. The van der Waals surface area contributed by atoms with Gasteiger partial charge in [-0.3, -0.25) is 9.36 Å². The number of rotatable bonds is 7. The third kappa shape index (κ3) is 4.76. The second kappa shape index (κ2) is 9.76. The lowest BCUT2D eigenvalue weighted by atomic mass is 9.85. The molecule has 2 fully saturated rings. The topological polar surface area (TPSA) is 111 Å². The van der Waals surface area contributed by atoms with Crippen LogP contribution in [0.25, 0.3) is 11.2 Å². The third-order valence-corrected chi connectivity index (χ3v) is 7.73. The molecule has 2 aliphatic rings. The first-order chi connectivity index (χ1) is 16.4. The Labute approximate surface area is 212 Å². The van der Waals surface area contributed by atoms with E-state index in [-0.39, 0.29) is 17.9 Å². The first-order valence-corrected chi connectivity index (χ1v) is 12.7. The summed E-state index contributed by atoms with van der Waals surface area (Å²) < 4.78 is 2.07. The Morgan fingerprint density at radius 1 is 1.06 bits per heavy atom. The highest BCUT2D eigenvalue weighted by molar-refractivity contribution is 6.41. The van der Waals surface area contributed by atoms with Gasteiger partial charge in [-0.2, -0.15) is 4.98 Å². The number of nitrogens with two attached hydrogens (primary N) is 1. The van der Waals surface area contributed by atoms with Gasteiger partial charge < -0.3 is 16.4 Å². The number of primary amides is 1. The Morgan fingerprint density at radius 3 is 2.38 bits per heavy atom. The van der Waals surface area contributed by atoms with Gasteiger partial charge in [0.05, 0.1) is 21.9 Å². The molecule has 0 unspecified atom stereocenters.